The van der Waals surface area contributed by atoms with Crippen molar-refractivity contribution in [2.24, 2.45) is 5.84 Å². The van der Waals surface area contributed by atoms with Crippen molar-refractivity contribution in [1.29, 1.82) is 0 Å². The first kappa shape index (κ1) is 78.7. The first-order chi connectivity index (χ1) is 46.4. The molecule has 0 radical (unpaired) electrons. The highest BCUT2D eigenvalue weighted by Gasteiger charge is 2.42. The highest BCUT2D eigenvalue weighted by molar-refractivity contribution is 6.32. The molecular formula is C71H87Cl3N8O17. The van der Waals surface area contributed by atoms with Crippen molar-refractivity contribution in [3.8, 4) is 17.2 Å². The molecule has 6 aromatic carbocycles. The van der Waals surface area contributed by atoms with Gasteiger partial charge in [0.25, 0.3) is 5.69 Å². The standard InChI is InChI=1S/C23H25ClN2O7.2C23H27ClN2O5.C2H8N2/c1-23(2,3)33-22(28)25-10-9-14-12-17(6-7-18(14)20(25)21(27)31-4)32-13-15-11-16(26(29)30)5-8-19(15)24;2*1-23(2,3)31-22(28)26-10-9-14-12-17(6-7-18(14)20(26)21(27)29-4)30-13-15-11-16(25)5-8-19(15)24;1-4(2)3/h5-8,11-12,20H,9-10,13H2,1-4H3;2*5-8,11-12,20H,9-10,13,25H2,1-4H3;3H2,1-2H3/t3*20-;/m111./s1. The van der Waals surface area contributed by atoms with E-state index in [2.05, 4.69) is 0 Å². The van der Waals surface area contributed by atoms with E-state index in [1.54, 1.807) is 155 Å². The molecule has 3 aliphatic heterocycles. The summed E-state index contributed by atoms with van der Waals surface area (Å²) in [4.78, 5) is 90.4. The van der Waals surface area contributed by atoms with E-state index in [0.29, 0.717) is 98.3 Å². The number of carbonyl (C=O) groups is 6. The Hall–Kier alpha value is -9.27. The number of nitrogen functional groups attached to an aromatic ring is 2. The van der Waals surface area contributed by atoms with Crippen LogP contribution in [0.3, 0.4) is 0 Å². The second-order valence-corrected chi connectivity index (χ2v) is 27.4. The molecule has 3 amide bonds. The minimum Gasteiger partial charge on any atom is -0.489 e. The summed E-state index contributed by atoms with van der Waals surface area (Å²) in [6.07, 6.45) is -0.104. The van der Waals surface area contributed by atoms with E-state index < -0.39 is 76.0 Å². The van der Waals surface area contributed by atoms with Gasteiger partial charge < -0.3 is 54.1 Å². The van der Waals surface area contributed by atoms with Crippen LogP contribution in [0.15, 0.2) is 109 Å². The van der Waals surface area contributed by atoms with Crippen LogP contribution in [0.4, 0.5) is 31.4 Å². The molecule has 99 heavy (non-hydrogen) atoms. The predicted octanol–water partition coefficient (Wildman–Crippen LogP) is 13.3. The van der Waals surface area contributed by atoms with Crippen molar-refractivity contribution in [3.63, 3.8) is 0 Å². The lowest BCUT2D eigenvalue weighted by Gasteiger charge is -2.36. The average molecular weight is 1430 g/mol. The number of nitrogens with zero attached hydrogens (tertiary/aromatic N) is 5. The molecule has 0 fully saturated rings. The topological polar surface area (TPSA) is 320 Å². The van der Waals surface area contributed by atoms with Crippen LogP contribution in [0.1, 0.15) is 131 Å². The van der Waals surface area contributed by atoms with Crippen LogP contribution < -0.4 is 31.5 Å². The van der Waals surface area contributed by atoms with Gasteiger partial charge in [0.05, 0.1) is 26.3 Å². The van der Waals surface area contributed by atoms with E-state index in [0.717, 1.165) is 27.8 Å². The lowest BCUT2D eigenvalue weighted by Crippen LogP contribution is -2.46. The van der Waals surface area contributed by atoms with Crippen molar-refractivity contribution >= 4 is 88.1 Å². The van der Waals surface area contributed by atoms with Gasteiger partial charge in [-0.1, -0.05) is 53.0 Å². The second kappa shape index (κ2) is 34.5. The van der Waals surface area contributed by atoms with E-state index >= 15 is 0 Å². The molecule has 28 heteroatoms. The predicted molar refractivity (Wildman–Crippen MR) is 374 cm³/mol. The molecule has 6 N–H and O–H groups in total. The molecule has 3 atom stereocenters. The Labute approximate surface area is 591 Å². The lowest BCUT2D eigenvalue weighted by atomic mass is 9.92. The summed E-state index contributed by atoms with van der Waals surface area (Å²) in [5, 5.41) is 14.0. The van der Waals surface area contributed by atoms with Gasteiger partial charge in [0.2, 0.25) is 0 Å². The van der Waals surface area contributed by atoms with E-state index in [1.807, 2.05) is 12.1 Å². The number of esters is 3. The van der Waals surface area contributed by atoms with Gasteiger partial charge in [0, 0.05) is 89.0 Å². The number of carbonyl (C=O) groups excluding carboxylic acids is 6. The summed E-state index contributed by atoms with van der Waals surface area (Å²) in [6.45, 7) is 17.4. The highest BCUT2D eigenvalue weighted by Crippen LogP contribution is 2.39. The molecule has 0 aliphatic carbocycles. The Morgan fingerprint density at radius 2 is 0.747 bits per heavy atom. The monoisotopic (exact) mass is 1430 g/mol. The van der Waals surface area contributed by atoms with Crippen molar-refractivity contribution < 1.29 is 76.3 Å². The molecule has 534 valence electrons. The maximum absolute atomic E-state index is 12.7. The fourth-order valence-corrected chi connectivity index (χ4v) is 10.9. The maximum Gasteiger partial charge on any atom is 0.411 e. The summed E-state index contributed by atoms with van der Waals surface area (Å²) in [6, 6.07) is 27.9. The van der Waals surface area contributed by atoms with E-state index in [4.69, 9.17) is 94.7 Å². The zero-order valence-corrected chi connectivity index (χ0v) is 60.3. The van der Waals surface area contributed by atoms with Gasteiger partial charge in [-0.2, -0.15) is 0 Å². The van der Waals surface area contributed by atoms with Gasteiger partial charge in [0.15, 0.2) is 18.1 Å². The number of rotatable bonds is 13. The lowest BCUT2D eigenvalue weighted by molar-refractivity contribution is -0.384. The summed E-state index contributed by atoms with van der Waals surface area (Å²) >= 11 is 18.5. The van der Waals surface area contributed by atoms with Crippen LogP contribution in [0.2, 0.25) is 15.1 Å². The minimum atomic E-state index is -0.936. The summed E-state index contributed by atoms with van der Waals surface area (Å²) < 4.78 is 48.9. The summed E-state index contributed by atoms with van der Waals surface area (Å²) in [7, 11) is 7.43. The first-order valence-electron chi connectivity index (χ1n) is 31.3. The van der Waals surface area contributed by atoms with E-state index in [9.17, 15) is 38.9 Å². The molecular weight excluding hydrogens is 1340 g/mol. The van der Waals surface area contributed by atoms with Crippen LogP contribution in [0, 0.1) is 10.1 Å². The van der Waals surface area contributed by atoms with Crippen molar-refractivity contribution in [3.05, 3.63) is 184 Å². The second-order valence-electron chi connectivity index (χ2n) is 26.2. The molecule has 25 nitrogen and oxygen atoms in total. The number of benzene rings is 6. The number of hydrazine groups is 1. The van der Waals surface area contributed by atoms with Crippen LogP contribution in [-0.4, -0.2) is 133 Å². The molecule has 6 aromatic rings. The molecule has 0 spiro atoms. The van der Waals surface area contributed by atoms with Gasteiger partial charge >= 0.3 is 36.2 Å². The number of nitro benzene ring substituents is 1. The Bertz CT molecular complexity index is 3730. The third kappa shape index (κ3) is 22.6. The van der Waals surface area contributed by atoms with Crippen LogP contribution in [0.25, 0.3) is 0 Å². The Balaban J connectivity index is 0.000000228. The first-order valence-corrected chi connectivity index (χ1v) is 32.5. The largest absolute Gasteiger partial charge is 0.489 e. The number of ether oxygens (including phenoxy) is 9. The average Bonchev–Trinajstić information content (AvgIpc) is 0.790. The van der Waals surface area contributed by atoms with E-state index in [-0.39, 0.29) is 32.1 Å². The van der Waals surface area contributed by atoms with E-state index in [1.165, 1.54) is 59.2 Å². The number of non-ortho nitro benzene ring substituents is 1. The molecule has 0 bridgehead atoms. The third-order valence-corrected chi connectivity index (χ3v) is 15.9. The van der Waals surface area contributed by atoms with Gasteiger partial charge in [-0.05, 0) is 194 Å². The summed E-state index contributed by atoms with van der Waals surface area (Å²) in [5.41, 5.74) is 17.4. The third-order valence-electron chi connectivity index (χ3n) is 14.7. The number of hydrogen-bond acceptors (Lipinski definition) is 21. The molecule has 3 aliphatic rings. The quantitative estimate of drug-likeness (QED) is 0.0241. The maximum atomic E-state index is 12.7. The van der Waals surface area contributed by atoms with Crippen LogP contribution >= 0.6 is 34.8 Å². The van der Waals surface area contributed by atoms with Gasteiger partial charge in [-0.3, -0.25) is 35.7 Å². The Kier molecular flexibility index (Phi) is 27.4. The van der Waals surface area contributed by atoms with Crippen molar-refractivity contribution in [2.45, 2.75) is 136 Å². The van der Waals surface area contributed by atoms with Gasteiger partial charge in [-0.25, -0.2) is 28.8 Å². The number of hydrogen-bond donors (Lipinski definition) is 3. The zero-order valence-electron chi connectivity index (χ0n) is 58.0. The zero-order chi connectivity index (χ0) is 73.4. The smallest absolute Gasteiger partial charge is 0.411 e. The molecule has 9 rings (SSSR count). The normalized spacial score (nSPS) is 15.4. The highest BCUT2D eigenvalue weighted by atomic mass is 35.5. The Morgan fingerprint density at radius 1 is 0.475 bits per heavy atom. The number of methoxy groups -OCH3 is 3. The molecule has 0 unspecified atom stereocenters. The van der Waals surface area contributed by atoms with Crippen molar-refractivity contribution in [1.82, 2.24) is 19.7 Å². The number of amides is 3. The minimum absolute atomic E-state index is 0.0315. The van der Waals surface area contributed by atoms with Crippen LogP contribution in [-0.2, 0) is 81.9 Å². The number of halogens is 3. The molecule has 0 aromatic heterocycles. The fraction of sp³-hybridized carbons (Fsp3) is 0.408. The van der Waals surface area contributed by atoms with Gasteiger partial charge in [0.1, 0.15) is 53.9 Å². The van der Waals surface area contributed by atoms with Crippen LogP contribution in [0.5, 0.6) is 17.2 Å². The van der Waals surface area contributed by atoms with Crippen molar-refractivity contribution in [2.75, 3.05) is 66.5 Å². The summed E-state index contributed by atoms with van der Waals surface area (Å²) in [5.74, 6) is 5.10. The molecule has 3 heterocycles. The number of anilines is 2. The number of fused-ring (bicyclic) bond motifs is 3. The SMILES string of the molecule is CN(C)N.COC(=O)[C@H]1c2ccc(OCc3cc(N)ccc3Cl)cc2CCN1C(=O)OC(C)(C)C.COC(=O)[C@H]1c2ccc(OCc3cc(N)ccc3Cl)cc2CCN1C(=O)OC(C)(C)C.COC(=O)[C@H]1c2ccc(OCc3cc([N+](=O)[O-])ccc3Cl)cc2CCN1C(=O)OC(C)(C)C. The van der Waals surface area contributed by atoms with Gasteiger partial charge in [-0.15, -0.1) is 0 Å². The Morgan fingerprint density at radius 3 is 1.01 bits per heavy atom. The number of nitrogens with two attached hydrogens (primary N) is 3. The molecule has 0 saturated carbocycles. The molecule has 0 saturated heterocycles. The number of nitro groups is 1. The fourth-order valence-electron chi connectivity index (χ4n) is 10.4.